The van der Waals surface area contributed by atoms with E-state index in [0.717, 1.165) is 26.1 Å². The van der Waals surface area contributed by atoms with Crippen LogP contribution in [0.25, 0.3) is 0 Å². The Balaban J connectivity index is 2.08. The van der Waals surface area contributed by atoms with Gasteiger partial charge < -0.3 is 14.2 Å². The molecule has 29 heavy (non-hydrogen) atoms. The number of ether oxygens (including phenoxy) is 3. The van der Waals surface area contributed by atoms with E-state index in [9.17, 15) is 4.79 Å². The Morgan fingerprint density at radius 3 is 2.21 bits per heavy atom. The predicted octanol–water partition coefficient (Wildman–Crippen LogP) is 6.09. The summed E-state index contributed by atoms with van der Waals surface area (Å²) in [5.74, 6) is 3.84. The summed E-state index contributed by atoms with van der Waals surface area (Å²) in [5.41, 5.74) is -0.759. The lowest BCUT2D eigenvalue weighted by Crippen LogP contribution is -2.46. The fourth-order valence-electron chi connectivity index (χ4n) is 5.16. The third-order valence-electron chi connectivity index (χ3n) is 7.69. The maximum absolute atomic E-state index is 11.8. The van der Waals surface area contributed by atoms with Gasteiger partial charge in [0.1, 0.15) is 18.0 Å². The molecule has 2 rings (SSSR count). The maximum atomic E-state index is 11.8. The van der Waals surface area contributed by atoms with E-state index in [4.69, 9.17) is 14.2 Å². The zero-order chi connectivity index (χ0) is 21.7. The maximum Gasteiger partial charge on any atom is 0.186 e. The second-order valence-electron chi connectivity index (χ2n) is 10.5. The number of allylic oxidation sites excluding steroid dienone is 1. The van der Waals surface area contributed by atoms with Gasteiger partial charge in [0.25, 0.3) is 0 Å². The first kappa shape index (κ1) is 24.0. The van der Waals surface area contributed by atoms with E-state index in [-0.39, 0.29) is 23.5 Å². The highest BCUT2D eigenvalue weighted by molar-refractivity contribution is 5.52. The van der Waals surface area contributed by atoms with Crippen molar-refractivity contribution in [2.75, 3.05) is 19.8 Å². The number of hydrogen-bond donors (Lipinski definition) is 0. The normalized spacial score (nSPS) is 22.4. The standard InChI is InChI=1S/C25H42O4/c1-19(2)24(7,23(4,5)6)22(17-26)28-18-20(3)29-25(13-15-27-16-14-25)21-11-9-8-10-12-21/h19,21H,3,8-16,18H2,1-2,4-7H3. The van der Waals surface area contributed by atoms with Crippen molar-refractivity contribution in [2.24, 2.45) is 22.7 Å². The Bertz CT molecular complexity index is 597. The summed E-state index contributed by atoms with van der Waals surface area (Å²) < 4.78 is 18.2. The quantitative estimate of drug-likeness (QED) is 0.361. The summed E-state index contributed by atoms with van der Waals surface area (Å²) in [6, 6.07) is 0. The van der Waals surface area contributed by atoms with Gasteiger partial charge in [-0.3, -0.25) is 0 Å². The molecule has 0 aromatic heterocycles. The van der Waals surface area contributed by atoms with Crippen molar-refractivity contribution in [3.63, 3.8) is 0 Å². The minimum absolute atomic E-state index is 0.139. The zero-order valence-electron chi connectivity index (χ0n) is 19.6. The molecular weight excluding hydrogens is 364 g/mol. The second-order valence-corrected chi connectivity index (χ2v) is 10.5. The van der Waals surface area contributed by atoms with Crippen LogP contribution in [0, 0.1) is 22.7 Å². The Kier molecular flexibility index (Phi) is 8.04. The third kappa shape index (κ3) is 5.27. The second kappa shape index (κ2) is 9.71. The van der Waals surface area contributed by atoms with Gasteiger partial charge in [0.2, 0.25) is 0 Å². The lowest BCUT2D eigenvalue weighted by molar-refractivity contribution is -0.130. The van der Waals surface area contributed by atoms with Gasteiger partial charge in [-0.2, -0.15) is 0 Å². The van der Waals surface area contributed by atoms with Gasteiger partial charge in [0, 0.05) is 18.3 Å². The van der Waals surface area contributed by atoms with Gasteiger partial charge in [-0.1, -0.05) is 67.4 Å². The number of hydrogen-bond acceptors (Lipinski definition) is 4. The molecule has 0 aromatic carbocycles. The molecule has 2 aliphatic rings. The summed E-state index contributed by atoms with van der Waals surface area (Å²) >= 11 is 0. The van der Waals surface area contributed by atoms with E-state index in [0.29, 0.717) is 17.4 Å². The molecule has 4 nitrogen and oxygen atoms in total. The molecule has 0 bridgehead atoms. The Labute approximate surface area is 178 Å². The van der Waals surface area contributed by atoms with Crippen molar-refractivity contribution < 1.29 is 19.0 Å². The van der Waals surface area contributed by atoms with Crippen LogP contribution in [0.1, 0.15) is 86.5 Å². The largest absolute Gasteiger partial charge is 0.488 e. The first-order valence-electron chi connectivity index (χ1n) is 11.4. The minimum atomic E-state index is -0.422. The summed E-state index contributed by atoms with van der Waals surface area (Å²) in [4.78, 5) is 11.8. The van der Waals surface area contributed by atoms with Crippen molar-refractivity contribution >= 4 is 5.94 Å². The average Bonchev–Trinajstić information content (AvgIpc) is 2.68. The van der Waals surface area contributed by atoms with Crippen LogP contribution in [0.4, 0.5) is 0 Å². The molecule has 1 unspecified atom stereocenters. The van der Waals surface area contributed by atoms with Gasteiger partial charge in [0.15, 0.2) is 11.7 Å². The van der Waals surface area contributed by atoms with Crippen molar-refractivity contribution in [2.45, 2.75) is 92.1 Å². The highest BCUT2D eigenvalue weighted by Gasteiger charge is 2.46. The SMILES string of the molecule is C=C(COC(=C=O)C(C)(C(C)C)C(C)(C)C)OC1(C2CCCCC2)CCOCC1. The van der Waals surface area contributed by atoms with Crippen LogP contribution < -0.4 is 0 Å². The van der Waals surface area contributed by atoms with E-state index in [1.54, 1.807) is 0 Å². The fraction of sp³-hybridized carbons (Fsp3) is 0.840. The summed E-state index contributed by atoms with van der Waals surface area (Å²) in [5, 5.41) is 0. The first-order chi connectivity index (χ1) is 13.6. The van der Waals surface area contributed by atoms with Gasteiger partial charge >= 0.3 is 0 Å². The number of carbonyl (C=O) groups excluding carboxylic acids is 1. The summed E-state index contributed by atoms with van der Waals surface area (Å²) in [7, 11) is 0. The molecule has 1 saturated heterocycles. The topological polar surface area (TPSA) is 44.8 Å². The zero-order valence-corrected chi connectivity index (χ0v) is 19.6. The average molecular weight is 407 g/mol. The molecule has 0 N–H and O–H groups in total. The van der Waals surface area contributed by atoms with Crippen LogP contribution in [-0.2, 0) is 19.0 Å². The molecule has 1 heterocycles. The minimum Gasteiger partial charge on any atom is -0.488 e. The lowest BCUT2D eigenvalue weighted by Gasteiger charge is -2.46. The number of rotatable bonds is 8. The predicted molar refractivity (Wildman–Crippen MR) is 117 cm³/mol. The van der Waals surface area contributed by atoms with Crippen LogP contribution in [0.3, 0.4) is 0 Å². The van der Waals surface area contributed by atoms with Crippen LogP contribution in [0.5, 0.6) is 0 Å². The van der Waals surface area contributed by atoms with Gasteiger partial charge in [-0.05, 0) is 30.1 Å². The van der Waals surface area contributed by atoms with Crippen molar-refractivity contribution in [1.82, 2.24) is 0 Å². The van der Waals surface area contributed by atoms with E-state index in [1.807, 2.05) is 0 Å². The monoisotopic (exact) mass is 406 g/mol. The molecule has 0 radical (unpaired) electrons. The Hall–Kier alpha value is -1.25. The van der Waals surface area contributed by atoms with Gasteiger partial charge in [-0.15, -0.1) is 0 Å². The Morgan fingerprint density at radius 2 is 1.72 bits per heavy atom. The van der Waals surface area contributed by atoms with Crippen LogP contribution in [0.2, 0.25) is 0 Å². The summed E-state index contributed by atoms with van der Waals surface area (Å²) in [6.07, 6.45) is 8.09. The molecule has 1 atom stereocenters. The smallest absolute Gasteiger partial charge is 0.186 e. The van der Waals surface area contributed by atoms with Crippen molar-refractivity contribution in [3.05, 3.63) is 18.1 Å². The summed E-state index contributed by atoms with van der Waals surface area (Å²) in [6.45, 7) is 18.6. The molecule has 1 saturated carbocycles. The molecular formula is C25H42O4. The molecule has 1 aliphatic heterocycles. The Morgan fingerprint density at radius 1 is 1.14 bits per heavy atom. The molecule has 0 aromatic rings. The van der Waals surface area contributed by atoms with Crippen molar-refractivity contribution in [3.8, 4) is 0 Å². The van der Waals surface area contributed by atoms with E-state index in [1.165, 1.54) is 32.1 Å². The highest BCUT2D eigenvalue weighted by atomic mass is 16.6. The van der Waals surface area contributed by atoms with Crippen LogP contribution >= 0.6 is 0 Å². The lowest BCUT2D eigenvalue weighted by atomic mass is 9.61. The van der Waals surface area contributed by atoms with Crippen LogP contribution in [-0.4, -0.2) is 31.4 Å². The van der Waals surface area contributed by atoms with Crippen molar-refractivity contribution in [1.29, 1.82) is 0 Å². The van der Waals surface area contributed by atoms with Gasteiger partial charge in [0.05, 0.1) is 13.2 Å². The molecule has 0 spiro atoms. The molecule has 1 aliphatic carbocycles. The van der Waals surface area contributed by atoms with E-state index >= 15 is 0 Å². The van der Waals surface area contributed by atoms with Crippen LogP contribution in [0.15, 0.2) is 18.1 Å². The third-order valence-corrected chi connectivity index (χ3v) is 7.69. The molecule has 2 fully saturated rings. The van der Waals surface area contributed by atoms with Gasteiger partial charge in [-0.25, -0.2) is 4.79 Å². The molecule has 0 amide bonds. The molecule has 166 valence electrons. The fourth-order valence-corrected chi connectivity index (χ4v) is 5.16. The first-order valence-corrected chi connectivity index (χ1v) is 11.4. The van der Waals surface area contributed by atoms with E-state index in [2.05, 4.69) is 54.1 Å². The highest BCUT2D eigenvalue weighted by Crippen LogP contribution is 2.49. The molecule has 4 heteroatoms. The van der Waals surface area contributed by atoms with E-state index < -0.39 is 5.41 Å².